The van der Waals surface area contributed by atoms with Gasteiger partial charge in [-0.3, -0.25) is 0 Å². The SMILES string of the molecule is Cc1csc(N2CCCN(C(=O)Nc3cccc(Cl)c3C)CC2)n1. The van der Waals surface area contributed by atoms with E-state index in [0.29, 0.717) is 11.6 Å². The molecule has 24 heavy (non-hydrogen) atoms. The summed E-state index contributed by atoms with van der Waals surface area (Å²) in [6, 6.07) is 5.48. The van der Waals surface area contributed by atoms with Crippen LogP contribution in [0.25, 0.3) is 0 Å². The van der Waals surface area contributed by atoms with Gasteiger partial charge in [0, 0.05) is 42.3 Å². The molecule has 1 aromatic heterocycles. The van der Waals surface area contributed by atoms with Crippen molar-refractivity contribution in [3.63, 3.8) is 0 Å². The normalized spacial score (nSPS) is 15.3. The molecule has 2 heterocycles. The predicted octanol–water partition coefficient (Wildman–Crippen LogP) is 4.16. The van der Waals surface area contributed by atoms with E-state index in [1.807, 2.05) is 36.9 Å². The van der Waals surface area contributed by atoms with Crippen LogP contribution in [0.5, 0.6) is 0 Å². The average Bonchev–Trinajstić information content (AvgIpc) is 2.84. The fraction of sp³-hybridized carbons (Fsp3) is 0.412. The zero-order valence-corrected chi connectivity index (χ0v) is 15.5. The van der Waals surface area contributed by atoms with Gasteiger partial charge in [0.05, 0.1) is 5.69 Å². The van der Waals surface area contributed by atoms with Crippen LogP contribution in [-0.2, 0) is 0 Å². The number of rotatable bonds is 2. The lowest BCUT2D eigenvalue weighted by molar-refractivity contribution is 0.215. The fourth-order valence-corrected chi connectivity index (χ4v) is 3.77. The molecule has 3 rings (SSSR count). The summed E-state index contributed by atoms with van der Waals surface area (Å²) < 4.78 is 0. The van der Waals surface area contributed by atoms with Gasteiger partial charge < -0.3 is 15.1 Å². The van der Waals surface area contributed by atoms with Gasteiger partial charge in [0.1, 0.15) is 0 Å². The summed E-state index contributed by atoms with van der Waals surface area (Å²) in [7, 11) is 0. The van der Waals surface area contributed by atoms with Gasteiger partial charge in [-0.2, -0.15) is 0 Å². The largest absolute Gasteiger partial charge is 0.346 e. The van der Waals surface area contributed by atoms with Gasteiger partial charge >= 0.3 is 6.03 Å². The molecular weight excluding hydrogens is 344 g/mol. The summed E-state index contributed by atoms with van der Waals surface area (Å²) in [6.07, 6.45) is 0.931. The summed E-state index contributed by atoms with van der Waals surface area (Å²) in [5.41, 5.74) is 2.71. The number of anilines is 2. The highest BCUT2D eigenvalue weighted by Crippen LogP contribution is 2.24. The number of aryl methyl sites for hydroxylation is 1. The quantitative estimate of drug-likeness (QED) is 0.870. The van der Waals surface area contributed by atoms with Crippen molar-refractivity contribution in [3.8, 4) is 0 Å². The van der Waals surface area contributed by atoms with Crippen LogP contribution in [0, 0.1) is 13.8 Å². The molecule has 0 unspecified atom stereocenters. The predicted molar refractivity (Wildman–Crippen MR) is 100 cm³/mol. The number of nitrogens with one attached hydrogen (secondary N) is 1. The minimum absolute atomic E-state index is 0.0717. The number of carbonyl (C=O) groups is 1. The number of carbonyl (C=O) groups excluding carboxylic acids is 1. The second-order valence-corrected chi connectivity index (χ2v) is 7.19. The van der Waals surface area contributed by atoms with Gasteiger partial charge in [0.2, 0.25) is 0 Å². The number of aromatic nitrogens is 1. The Balaban J connectivity index is 1.63. The van der Waals surface area contributed by atoms with E-state index < -0.39 is 0 Å². The number of hydrogen-bond acceptors (Lipinski definition) is 4. The molecule has 0 radical (unpaired) electrons. The average molecular weight is 365 g/mol. The molecule has 0 aliphatic carbocycles. The molecule has 7 heteroatoms. The Kier molecular flexibility index (Phi) is 5.26. The van der Waals surface area contributed by atoms with Crippen molar-refractivity contribution in [1.82, 2.24) is 9.88 Å². The number of amides is 2. The van der Waals surface area contributed by atoms with Crippen molar-refractivity contribution >= 4 is 39.8 Å². The van der Waals surface area contributed by atoms with E-state index in [2.05, 4.69) is 20.6 Å². The first kappa shape index (κ1) is 17.0. The maximum absolute atomic E-state index is 12.6. The fourth-order valence-electron chi connectivity index (χ4n) is 2.74. The maximum atomic E-state index is 12.6. The van der Waals surface area contributed by atoms with Gasteiger partial charge in [-0.15, -0.1) is 11.3 Å². The number of urea groups is 1. The van der Waals surface area contributed by atoms with Crippen LogP contribution >= 0.6 is 22.9 Å². The van der Waals surface area contributed by atoms with Crippen molar-refractivity contribution in [3.05, 3.63) is 39.9 Å². The maximum Gasteiger partial charge on any atom is 0.321 e. The molecule has 0 spiro atoms. The van der Waals surface area contributed by atoms with Gasteiger partial charge in [0.25, 0.3) is 0 Å². The monoisotopic (exact) mass is 364 g/mol. The number of halogens is 1. The third-order valence-corrected chi connectivity index (χ3v) is 5.60. The van der Waals surface area contributed by atoms with Crippen LogP contribution in [0.15, 0.2) is 23.6 Å². The standard InChI is InChI=1S/C17H21ClN4OS/c1-12-11-24-17(19-12)22-8-4-7-21(9-10-22)16(23)20-15-6-3-5-14(18)13(15)2/h3,5-6,11H,4,7-10H2,1-2H3,(H,20,23). The second kappa shape index (κ2) is 7.40. The topological polar surface area (TPSA) is 48.5 Å². The van der Waals surface area contributed by atoms with Crippen LogP contribution in [0.3, 0.4) is 0 Å². The van der Waals surface area contributed by atoms with Crippen molar-refractivity contribution in [2.24, 2.45) is 0 Å². The van der Waals surface area contributed by atoms with E-state index in [4.69, 9.17) is 11.6 Å². The van der Waals surface area contributed by atoms with E-state index in [1.165, 1.54) is 0 Å². The zero-order chi connectivity index (χ0) is 17.1. The minimum Gasteiger partial charge on any atom is -0.346 e. The zero-order valence-electron chi connectivity index (χ0n) is 13.9. The first-order valence-corrected chi connectivity index (χ1v) is 9.28. The lowest BCUT2D eigenvalue weighted by Crippen LogP contribution is -2.38. The van der Waals surface area contributed by atoms with Crippen LogP contribution in [0.4, 0.5) is 15.6 Å². The summed E-state index contributed by atoms with van der Waals surface area (Å²) in [6.45, 7) is 7.07. The minimum atomic E-state index is -0.0717. The summed E-state index contributed by atoms with van der Waals surface area (Å²) in [4.78, 5) is 21.2. The highest BCUT2D eigenvalue weighted by atomic mass is 35.5. The molecule has 0 bridgehead atoms. The highest BCUT2D eigenvalue weighted by molar-refractivity contribution is 7.13. The molecule has 2 aromatic rings. The van der Waals surface area contributed by atoms with Gasteiger partial charge in [0.15, 0.2) is 5.13 Å². The van der Waals surface area contributed by atoms with Crippen molar-refractivity contribution < 1.29 is 4.79 Å². The number of benzene rings is 1. The molecule has 128 valence electrons. The highest BCUT2D eigenvalue weighted by Gasteiger charge is 2.21. The molecule has 1 aliphatic rings. The smallest absolute Gasteiger partial charge is 0.321 e. The Labute approximate surface area is 151 Å². The van der Waals surface area contributed by atoms with E-state index >= 15 is 0 Å². The Morgan fingerprint density at radius 3 is 2.83 bits per heavy atom. The Bertz CT molecular complexity index is 733. The molecular formula is C17H21ClN4OS. The van der Waals surface area contributed by atoms with Crippen molar-refractivity contribution in [2.75, 3.05) is 36.4 Å². The van der Waals surface area contributed by atoms with E-state index in [-0.39, 0.29) is 6.03 Å². The van der Waals surface area contributed by atoms with E-state index in [1.54, 1.807) is 11.3 Å². The third-order valence-electron chi connectivity index (χ3n) is 4.17. The number of hydrogen-bond donors (Lipinski definition) is 1. The van der Waals surface area contributed by atoms with Crippen molar-refractivity contribution in [1.29, 1.82) is 0 Å². The molecule has 0 atom stereocenters. The van der Waals surface area contributed by atoms with Crippen LogP contribution in [0.1, 0.15) is 17.7 Å². The molecule has 1 aromatic carbocycles. The lowest BCUT2D eigenvalue weighted by Gasteiger charge is -2.22. The lowest BCUT2D eigenvalue weighted by atomic mass is 10.2. The van der Waals surface area contributed by atoms with Gasteiger partial charge in [-0.1, -0.05) is 17.7 Å². The molecule has 2 amide bonds. The molecule has 1 N–H and O–H groups in total. The summed E-state index contributed by atoms with van der Waals surface area (Å²) >= 11 is 7.78. The Hall–Kier alpha value is -1.79. The molecule has 5 nitrogen and oxygen atoms in total. The van der Waals surface area contributed by atoms with Crippen LogP contribution < -0.4 is 10.2 Å². The first-order valence-electron chi connectivity index (χ1n) is 8.02. The summed E-state index contributed by atoms with van der Waals surface area (Å²) in [5, 5.41) is 6.74. The number of nitrogens with zero attached hydrogens (tertiary/aromatic N) is 3. The van der Waals surface area contributed by atoms with Crippen LogP contribution in [0.2, 0.25) is 5.02 Å². The van der Waals surface area contributed by atoms with Gasteiger partial charge in [-0.05, 0) is 38.0 Å². The Morgan fingerprint density at radius 2 is 2.08 bits per heavy atom. The number of thiazole rings is 1. The molecule has 1 fully saturated rings. The van der Waals surface area contributed by atoms with E-state index in [0.717, 1.165) is 48.1 Å². The summed E-state index contributed by atoms with van der Waals surface area (Å²) in [5.74, 6) is 0. The molecule has 1 aliphatic heterocycles. The third kappa shape index (κ3) is 3.82. The second-order valence-electron chi connectivity index (χ2n) is 5.94. The van der Waals surface area contributed by atoms with E-state index in [9.17, 15) is 4.79 Å². The van der Waals surface area contributed by atoms with Crippen LogP contribution in [-0.4, -0.2) is 42.1 Å². The first-order chi connectivity index (χ1) is 11.5. The van der Waals surface area contributed by atoms with Crippen molar-refractivity contribution in [2.45, 2.75) is 20.3 Å². The van der Waals surface area contributed by atoms with Gasteiger partial charge in [-0.25, -0.2) is 9.78 Å². The molecule has 0 saturated carbocycles. The molecule has 1 saturated heterocycles. The Morgan fingerprint density at radius 1 is 1.25 bits per heavy atom.